The van der Waals surface area contributed by atoms with Gasteiger partial charge >= 0.3 is 24.2 Å². The lowest BCUT2D eigenvalue weighted by molar-refractivity contribution is -0.319. The van der Waals surface area contributed by atoms with Crippen molar-refractivity contribution < 1.29 is 35.1 Å². The van der Waals surface area contributed by atoms with Gasteiger partial charge in [0, 0.05) is 6.42 Å². The zero-order valence-electron chi connectivity index (χ0n) is 7.44. The Balaban J connectivity index is 5.11. The van der Waals surface area contributed by atoms with E-state index in [9.17, 15) is 35.1 Å². The third kappa shape index (κ3) is 2.34. The molecule has 0 unspecified atom stereocenters. The molecule has 0 aromatic carbocycles. The summed E-state index contributed by atoms with van der Waals surface area (Å²) in [5, 5.41) is 0. The topological polar surface area (TPSA) is 0 Å². The number of alkyl halides is 6. The molecule has 0 saturated carbocycles. The number of hydrogen-bond donors (Lipinski definition) is 0. The van der Waals surface area contributed by atoms with E-state index in [4.69, 9.17) is 0 Å². The predicted octanol–water partition coefficient (Wildman–Crippen LogP) is 4.12. The van der Waals surface area contributed by atoms with Gasteiger partial charge < -0.3 is 0 Å². The lowest BCUT2D eigenvalue weighted by Gasteiger charge is -2.31. The van der Waals surface area contributed by atoms with Gasteiger partial charge in [-0.15, -0.1) is 0 Å². The molecule has 0 aliphatic carbocycles. The molecular weight excluding hydrogens is 236 g/mol. The minimum absolute atomic E-state index is 0.535. The maximum Gasteiger partial charge on any atom is 0.384 e. The molecule has 0 heterocycles. The van der Waals surface area contributed by atoms with Gasteiger partial charge in [0.25, 0.3) is 0 Å². The Morgan fingerprint density at radius 1 is 0.933 bits per heavy atom. The Bertz CT molecular complexity index is 209. The Hall–Kier alpha value is -0.560. The van der Waals surface area contributed by atoms with Crippen LogP contribution in [0.25, 0.3) is 0 Å². The molecule has 0 spiro atoms. The summed E-state index contributed by atoms with van der Waals surface area (Å²) in [5.74, 6) is -17.4. The summed E-state index contributed by atoms with van der Waals surface area (Å²) >= 11 is 0. The molecule has 0 nitrogen and oxygen atoms in total. The van der Waals surface area contributed by atoms with Crippen molar-refractivity contribution in [3.63, 3.8) is 0 Å². The van der Waals surface area contributed by atoms with E-state index in [0.717, 1.165) is 6.92 Å². The van der Waals surface area contributed by atoms with Crippen molar-refractivity contribution in [3.05, 3.63) is 6.43 Å². The summed E-state index contributed by atoms with van der Waals surface area (Å²) in [6.45, 7) is 1.04. The molecule has 0 N–H and O–H groups in total. The zero-order chi connectivity index (χ0) is 12.5. The van der Waals surface area contributed by atoms with Gasteiger partial charge in [-0.05, 0) is 0 Å². The maximum atomic E-state index is 12.5. The van der Waals surface area contributed by atoms with Gasteiger partial charge in [0.05, 0.1) is 0 Å². The highest BCUT2D eigenvalue weighted by Crippen LogP contribution is 2.52. The fourth-order valence-electron chi connectivity index (χ4n) is 0.819. The molecule has 0 aromatic rings. The van der Waals surface area contributed by atoms with E-state index < -0.39 is 37.0 Å². The molecule has 0 bridgehead atoms. The van der Waals surface area contributed by atoms with Gasteiger partial charge in [0.15, 0.2) is 0 Å². The summed E-state index contributed by atoms with van der Waals surface area (Å²) < 4.78 is 96.9. The number of rotatable bonds is 5. The van der Waals surface area contributed by atoms with Crippen LogP contribution in [-0.2, 0) is 0 Å². The van der Waals surface area contributed by atoms with E-state index in [-0.39, 0.29) is 0 Å². The smallest absolute Gasteiger partial charge is 0.200 e. The highest BCUT2D eigenvalue weighted by molar-refractivity contribution is 5.03. The molecule has 0 rings (SSSR count). The average Bonchev–Trinajstić information content (AvgIpc) is 2.02. The van der Waals surface area contributed by atoms with Crippen LogP contribution in [0.5, 0.6) is 0 Å². The van der Waals surface area contributed by atoms with E-state index in [1.54, 1.807) is 0 Å². The van der Waals surface area contributed by atoms with Crippen molar-refractivity contribution in [1.82, 2.24) is 0 Å². The molecule has 15 heavy (non-hydrogen) atoms. The second kappa shape index (κ2) is 4.13. The minimum Gasteiger partial charge on any atom is -0.200 e. The Morgan fingerprint density at radius 3 is 1.60 bits per heavy atom. The summed E-state index contributed by atoms with van der Waals surface area (Å²) in [7, 11) is 0. The van der Waals surface area contributed by atoms with E-state index >= 15 is 0 Å². The van der Waals surface area contributed by atoms with Gasteiger partial charge in [-0.1, -0.05) is 13.3 Å². The standard InChI is InChI=1S/C7H7F8/c1-2-3-5(10,11)7(14,15)6(12,13)4(8)9/h2-3H2,1H3. The van der Waals surface area contributed by atoms with Crippen molar-refractivity contribution in [1.29, 1.82) is 0 Å². The van der Waals surface area contributed by atoms with Crippen LogP contribution in [0, 0.1) is 6.43 Å². The quantitative estimate of drug-likeness (QED) is 0.637. The van der Waals surface area contributed by atoms with Crippen LogP contribution in [-0.4, -0.2) is 17.8 Å². The van der Waals surface area contributed by atoms with Crippen LogP contribution in [0.3, 0.4) is 0 Å². The highest BCUT2D eigenvalue weighted by Gasteiger charge is 2.75. The Labute approximate surface area is 80.3 Å². The molecule has 0 amide bonds. The maximum absolute atomic E-state index is 12.5. The molecule has 0 aliphatic heterocycles. The van der Waals surface area contributed by atoms with Crippen LogP contribution in [0.15, 0.2) is 0 Å². The van der Waals surface area contributed by atoms with E-state index in [1.807, 2.05) is 0 Å². The third-order valence-corrected chi connectivity index (χ3v) is 1.66. The molecule has 0 aromatic heterocycles. The highest BCUT2D eigenvalue weighted by atomic mass is 19.4. The van der Waals surface area contributed by atoms with Crippen LogP contribution in [0.1, 0.15) is 19.8 Å². The molecule has 0 fully saturated rings. The minimum atomic E-state index is -6.12. The molecule has 0 saturated heterocycles. The van der Waals surface area contributed by atoms with E-state index in [0.29, 0.717) is 0 Å². The molecule has 8 heteroatoms. The van der Waals surface area contributed by atoms with Crippen molar-refractivity contribution in [2.45, 2.75) is 37.5 Å². The van der Waals surface area contributed by atoms with Crippen molar-refractivity contribution in [2.24, 2.45) is 0 Å². The monoisotopic (exact) mass is 243 g/mol. The van der Waals surface area contributed by atoms with E-state index in [2.05, 4.69) is 0 Å². The van der Waals surface area contributed by atoms with Gasteiger partial charge in [-0.2, -0.15) is 35.1 Å². The van der Waals surface area contributed by atoms with Crippen molar-refractivity contribution >= 4 is 0 Å². The molecule has 0 aliphatic rings. The number of hydrogen-bond acceptors (Lipinski definition) is 0. The fraction of sp³-hybridized carbons (Fsp3) is 0.857. The Kier molecular flexibility index (Phi) is 3.98. The summed E-state index contributed by atoms with van der Waals surface area (Å²) in [4.78, 5) is 0. The van der Waals surface area contributed by atoms with Crippen LogP contribution >= 0.6 is 0 Å². The molecule has 1 radical (unpaired) electrons. The summed E-state index contributed by atoms with van der Waals surface area (Å²) in [6.07, 6.45) is -6.15. The predicted molar refractivity (Wildman–Crippen MR) is 35.2 cm³/mol. The second-order valence-corrected chi connectivity index (χ2v) is 2.86. The SMILES string of the molecule is CCCC(F)(F)C(F)(F)C(F)(F)[C](F)F. The van der Waals surface area contributed by atoms with E-state index in [1.165, 1.54) is 0 Å². The first-order valence-electron chi connectivity index (χ1n) is 3.82. The van der Waals surface area contributed by atoms with Crippen molar-refractivity contribution in [2.75, 3.05) is 0 Å². The third-order valence-electron chi connectivity index (χ3n) is 1.66. The molecular formula is C7H7F8. The molecule has 0 atom stereocenters. The zero-order valence-corrected chi connectivity index (χ0v) is 7.44. The van der Waals surface area contributed by atoms with Crippen LogP contribution in [0.4, 0.5) is 35.1 Å². The second-order valence-electron chi connectivity index (χ2n) is 2.86. The van der Waals surface area contributed by atoms with Crippen molar-refractivity contribution in [3.8, 4) is 0 Å². The van der Waals surface area contributed by atoms with Gasteiger partial charge in [0.1, 0.15) is 0 Å². The first-order chi connectivity index (χ1) is 6.50. The summed E-state index contributed by atoms with van der Waals surface area (Å²) in [5.41, 5.74) is 0. The average molecular weight is 243 g/mol. The Morgan fingerprint density at radius 2 is 1.33 bits per heavy atom. The number of halogens is 8. The normalized spacial score (nSPS) is 14.8. The lowest BCUT2D eigenvalue weighted by Crippen LogP contribution is -2.55. The van der Waals surface area contributed by atoms with Gasteiger partial charge in [-0.25, -0.2) is 0 Å². The first-order valence-corrected chi connectivity index (χ1v) is 3.82. The van der Waals surface area contributed by atoms with Gasteiger partial charge in [0.2, 0.25) is 0 Å². The first kappa shape index (κ1) is 14.4. The largest absolute Gasteiger partial charge is 0.384 e. The molecule has 91 valence electrons. The summed E-state index contributed by atoms with van der Waals surface area (Å²) in [6, 6.07) is 0. The van der Waals surface area contributed by atoms with Gasteiger partial charge in [-0.3, -0.25) is 0 Å². The van der Waals surface area contributed by atoms with Crippen LogP contribution in [0.2, 0.25) is 0 Å². The fourth-order valence-corrected chi connectivity index (χ4v) is 0.819. The lowest BCUT2D eigenvalue weighted by atomic mass is 10.0. The van der Waals surface area contributed by atoms with Crippen LogP contribution < -0.4 is 0 Å².